The van der Waals surface area contributed by atoms with Crippen LogP contribution in [0.15, 0.2) is 83.8 Å². The molecule has 0 fully saturated rings. The highest BCUT2D eigenvalue weighted by Crippen LogP contribution is 2.25. The molecule has 0 saturated carbocycles. The summed E-state index contributed by atoms with van der Waals surface area (Å²) in [7, 11) is -3.90. The van der Waals surface area contributed by atoms with Crippen molar-refractivity contribution in [3.8, 4) is 0 Å². The second kappa shape index (κ2) is 9.13. The van der Waals surface area contributed by atoms with Crippen molar-refractivity contribution in [3.05, 3.63) is 90.0 Å². The third-order valence-corrected chi connectivity index (χ3v) is 6.56. The normalized spacial score (nSPS) is 11.3. The molecule has 156 valence electrons. The smallest absolute Gasteiger partial charge is 0.264 e. The molecule has 0 aliphatic carbocycles. The number of sulfonamides is 1. The Hall–Kier alpha value is -3.12. The van der Waals surface area contributed by atoms with Gasteiger partial charge in [0.25, 0.3) is 10.0 Å². The van der Waals surface area contributed by atoms with E-state index in [1.807, 2.05) is 37.3 Å². The standard InChI is InChI=1S/C24H26N2O3S/c1-18(2)20-12-14-21(15-13-20)25-24(27)17-26(22-9-7-8-19(3)16-22)30(28,29)23-10-5-4-6-11-23/h4-16,18H,17H2,1-3H3,(H,25,27). The second-order valence-corrected chi connectivity index (χ2v) is 9.35. The average molecular weight is 423 g/mol. The van der Waals surface area contributed by atoms with E-state index < -0.39 is 15.9 Å². The Kier molecular flexibility index (Phi) is 6.57. The van der Waals surface area contributed by atoms with Crippen molar-refractivity contribution in [3.63, 3.8) is 0 Å². The molecule has 30 heavy (non-hydrogen) atoms. The van der Waals surface area contributed by atoms with E-state index in [-0.39, 0.29) is 11.4 Å². The molecule has 0 radical (unpaired) electrons. The molecule has 0 aromatic heterocycles. The van der Waals surface area contributed by atoms with Crippen molar-refractivity contribution in [1.29, 1.82) is 0 Å². The van der Waals surface area contributed by atoms with Gasteiger partial charge in [0, 0.05) is 5.69 Å². The minimum Gasteiger partial charge on any atom is -0.325 e. The lowest BCUT2D eigenvalue weighted by Crippen LogP contribution is -2.38. The van der Waals surface area contributed by atoms with Crippen molar-refractivity contribution in [2.24, 2.45) is 0 Å². The van der Waals surface area contributed by atoms with E-state index in [1.54, 1.807) is 36.4 Å². The first-order chi connectivity index (χ1) is 14.3. The molecule has 3 rings (SSSR count). The number of nitrogens with zero attached hydrogens (tertiary/aromatic N) is 1. The summed E-state index contributed by atoms with van der Waals surface area (Å²) >= 11 is 0. The molecule has 1 N–H and O–H groups in total. The van der Waals surface area contributed by atoms with Gasteiger partial charge in [0.05, 0.1) is 10.6 Å². The zero-order valence-corrected chi connectivity index (χ0v) is 18.2. The molecule has 0 aliphatic rings. The van der Waals surface area contributed by atoms with Crippen LogP contribution < -0.4 is 9.62 Å². The minimum absolute atomic E-state index is 0.139. The number of nitrogens with one attached hydrogen (secondary N) is 1. The highest BCUT2D eigenvalue weighted by atomic mass is 32.2. The number of carbonyl (C=O) groups excluding carboxylic acids is 1. The Balaban J connectivity index is 1.88. The topological polar surface area (TPSA) is 66.5 Å². The van der Waals surface area contributed by atoms with E-state index in [1.165, 1.54) is 17.7 Å². The van der Waals surface area contributed by atoms with Gasteiger partial charge >= 0.3 is 0 Å². The van der Waals surface area contributed by atoms with Gasteiger partial charge in [0.2, 0.25) is 5.91 Å². The van der Waals surface area contributed by atoms with E-state index in [9.17, 15) is 13.2 Å². The van der Waals surface area contributed by atoms with Crippen molar-refractivity contribution in [2.45, 2.75) is 31.6 Å². The van der Waals surface area contributed by atoms with Gasteiger partial charge in [-0.2, -0.15) is 0 Å². The Bertz CT molecular complexity index is 1110. The van der Waals surface area contributed by atoms with Crippen molar-refractivity contribution in [2.75, 3.05) is 16.2 Å². The molecule has 3 aromatic rings. The van der Waals surface area contributed by atoms with Gasteiger partial charge in [0.1, 0.15) is 6.54 Å². The number of hydrogen-bond acceptors (Lipinski definition) is 3. The van der Waals surface area contributed by atoms with Crippen LogP contribution in [0.5, 0.6) is 0 Å². The average Bonchev–Trinajstić information content (AvgIpc) is 2.73. The molecule has 3 aromatic carbocycles. The van der Waals surface area contributed by atoms with Crippen LogP contribution in [-0.2, 0) is 14.8 Å². The minimum atomic E-state index is -3.90. The number of carbonyl (C=O) groups is 1. The molecule has 0 bridgehead atoms. The first-order valence-electron chi connectivity index (χ1n) is 9.81. The summed E-state index contributed by atoms with van der Waals surface area (Å²) in [6.45, 7) is 5.75. The van der Waals surface area contributed by atoms with Crippen LogP contribution in [0.1, 0.15) is 30.9 Å². The van der Waals surface area contributed by atoms with Gasteiger partial charge in [-0.15, -0.1) is 0 Å². The quantitative estimate of drug-likeness (QED) is 0.586. The van der Waals surface area contributed by atoms with Crippen LogP contribution in [0.2, 0.25) is 0 Å². The lowest BCUT2D eigenvalue weighted by atomic mass is 10.0. The number of amides is 1. The SMILES string of the molecule is Cc1cccc(N(CC(=O)Nc2ccc(C(C)C)cc2)S(=O)(=O)c2ccccc2)c1. The summed E-state index contributed by atoms with van der Waals surface area (Å²) in [6.07, 6.45) is 0. The fourth-order valence-corrected chi connectivity index (χ4v) is 4.53. The predicted molar refractivity (Wildman–Crippen MR) is 121 cm³/mol. The number of aryl methyl sites for hydroxylation is 1. The van der Waals surface area contributed by atoms with Gasteiger partial charge in [-0.05, 0) is 60.4 Å². The highest BCUT2D eigenvalue weighted by Gasteiger charge is 2.27. The highest BCUT2D eigenvalue weighted by molar-refractivity contribution is 7.92. The molecule has 6 heteroatoms. The lowest BCUT2D eigenvalue weighted by Gasteiger charge is -2.24. The maximum Gasteiger partial charge on any atom is 0.264 e. The van der Waals surface area contributed by atoms with Gasteiger partial charge in [-0.25, -0.2) is 8.42 Å². The van der Waals surface area contributed by atoms with Gasteiger partial charge in [-0.1, -0.05) is 56.3 Å². The molecule has 0 unspecified atom stereocenters. The summed E-state index contributed by atoms with van der Waals surface area (Å²) in [4.78, 5) is 12.9. The summed E-state index contributed by atoms with van der Waals surface area (Å²) in [5, 5.41) is 2.80. The molecule has 1 amide bonds. The van der Waals surface area contributed by atoms with E-state index in [4.69, 9.17) is 0 Å². The van der Waals surface area contributed by atoms with Crippen LogP contribution >= 0.6 is 0 Å². The Labute approximate surface area is 178 Å². The molecule has 0 aliphatic heterocycles. The summed E-state index contributed by atoms with van der Waals surface area (Å²) in [5.74, 6) is -0.0177. The van der Waals surface area contributed by atoms with E-state index in [0.29, 0.717) is 17.3 Å². The van der Waals surface area contributed by atoms with E-state index in [0.717, 1.165) is 9.87 Å². The molecule has 0 saturated heterocycles. The molecule has 0 atom stereocenters. The number of rotatable bonds is 7. The molecular weight excluding hydrogens is 396 g/mol. The monoisotopic (exact) mass is 422 g/mol. The van der Waals surface area contributed by atoms with Crippen LogP contribution in [0.3, 0.4) is 0 Å². The maximum absolute atomic E-state index is 13.3. The van der Waals surface area contributed by atoms with E-state index in [2.05, 4.69) is 19.2 Å². The van der Waals surface area contributed by atoms with Gasteiger partial charge < -0.3 is 5.32 Å². The third kappa shape index (κ3) is 5.07. The van der Waals surface area contributed by atoms with E-state index >= 15 is 0 Å². The summed E-state index contributed by atoms with van der Waals surface area (Å²) < 4.78 is 27.7. The molecule has 0 heterocycles. The van der Waals surface area contributed by atoms with Gasteiger partial charge in [0.15, 0.2) is 0 Å². The molecular formula is C24H26N2O3S. The summed E-state index contributed by atoms with van der Waals surface area (Å²) in [5.41, 5.74) is 3.15. The first kappa shape index (κ1) is 21.6. The fourth-order valence-electron chi connectivity index (χ4n) is 3.10. The lowest BCUT2D eigenvalue weighted by molar-refractivity contribution is -0.114. The number of hydrogen-bond donors (Lipinski definition) is 1. The molecule has 0 spiro atoms. The Morgan fingerprint density at radius 1 is 0.933 bits per heavy atom. The van der Waals surface area contributed by atoms with Gasteiger partial charge in [-0.3, -0.25) is 9.10 Å². The fraction of sp³-hybridized carbons (Fsp3) is 0.208. The Morgan fingerprint density at radius 3 is 2.20 bits per heavy atom. The Morgan fingerprint density at radius 2 is 1.60 bits per heavy atom. The summed E-state index contributed by atoms with van der Waals surface area (Å²) in [6, 6.07) is 22.8. The largest absolute Gasteiger partial charge is 0.325 e. The zero-order chi connectivity index (χ0) is 21.7. The van der Waals surface area contributed by atoms with Crippen LogP contribution in [0.25, 0.3) is 0 Å². The number of anilines is 2. The first-order valence-corrected chi connectivity index (χ1v) is 11.3. The number of benzene rings is 3. The van der Waals surface area contributed by atoms with Crippen molar-refractivity contribution >= 4 is 27.3 Å². The second-order valence-electron chi connectivity index (χ2n) is 7.49. The third-order valence-electron chi connectivity index (χ3n) is 4.77. The molecule has 5 nitrogen and oxygen atoms in total. The van der Waals surface area contributed by atoms with Crippen LogP contribution in [-0.4, -0.2) is 20.9 Å². The predicted octanol–water partition coefficient (Wildman–Crippen LogP) is 4.95. The van der Waals surface area contributed by atoms with Crippen LogP contribution in [0, 0.1) is 6.92 Å². The zero-order valence-electron chi connectivity index (χ0n) is 17.4. The van der Waals surface area contributed by atoms with Crippen molar-refractivity contribution < 1.29 is 13.2 Å². The van der Waals surface area contributed by atoms with Crippen LogP contribution in [0.4, 0.5) is 11.4 Å². The van der Waals surface area contributed by atoms with Crippen molar-refractivity contribution in [1.82, 2.24) is 0 Å². The maximum atomic E-state index is 13.3.